The topological polar surface area (TPSA) is 161 Å². The number of aliphatic carboxylic acids is 1. The van der Waals surface area contributed by atoms with E-state index in [1.54, 1.807) is 6.07 Å². The highest BCUT2D eigenvalue weighted by Crippen LogP contribution is 2.41. The number of halogens is 2. The van der Waals surface area contributed by atoms with E-state index in [0.717, 1.165) is 69.0 Å². The van der Waals surface area contributed by atoms with E-state index in [2.05, 4.69) is 15.1 Å². The van der Waals surface area contributed by atoms with E-state index < -0.39 is 36.7 Å². The summed E-state index contributed by atoms with van der Waals surface area (Å²) in [6, 6.07) is 9.10. The normalized spacial score (nSPS) is 26.0. The molecule has 0 aromatic heterocycles. The van der Waals surface area contributed by atoms with Gasteiger partial charge in [-0.3, -0.25) is 9.69 Å². The van der Waals surface area contributed by atoms with E-state index in [9.17, 15) is 30.0 Å². The molecule has 3 aliphatic heterocycles. The summed E-state index contributed by atoms with van der Waals surface area (Å²) < 4.78 is 16.7. The van der Waals surface area contributed by atoms with Gasteiger partial charge in [0.2, 0.25) is 12.2 Å². The zero-order valence-corrected chi connectivity index (χ0v) is 24.8. The SMILES string of the molecule is O=C1CCc2ccc(OCCCCN3CCN(c4ccc(O[C@@H]5O[C@H](C(=O)O)[C@@H](O)[C@H](O)[C@H]5O)c(Cl)c4Cl)CC3)cc2N1. The van der Waals surface area contributed by atoms with Gasteiger partial charge >= 0.3 is 5.97 Å². The monoisotopic (exact) mass is 639 g/mol. The Balaban J connectivity index is 1.07. The molecule has 3 heterocycles. The molecule has 3 aliphatic rings. The van der Waals surface area contributed by atoms with Gasteiger partial charge in [-0.1, -0.05) is 29.3 Å². The Hall–Kier alpha value is -2.84. The molecule has 5 N–H and O–H groups in total. The van der Waals surface area contributed by atoms with Gasteiger partial charge in [-0.25, -0.2) is 4.79 Å². The minimum atomic E-state index is -1.83. The Kier molecular flexibility index (Phi) is 10.2. The number of aryl methyl sites for hydroxylation is 1. The smallest absolute Gasteiger partial charge is 0.335 e. The van der Waals surface area contributed by atoms with Crippen LogP contribution in [-0.4, -0.2) is 107 Å². The first-order valence-electron chi connectivity index (χ1n) is 14.2. The predicted octanol–water partition coefficient (Wildman–Crippen LogP) is 2.13. The van der Waals surface area contributed by atoms with Crippen LogP contribution in [0.3, 0.4) is 0 Å². The number of unbranched alkanes of at least 4 members (excludes halogenated alkanes) is 1. The molecule has 0 aliphatic carbocycles. The molecule has 2 aromatic carbocycles. The number of benzene rings is 2. The van der Waals surface area contributed by atoms with Crippen LogP contribution in [-0.2, 0) is 20.7 Å². The van der Waals surface area contributed by atoms with Crippen molar-refractivity contribution in [3.05, 3.63) is 45.9 Å². The van der Waals surface area contributed by atoms with E-state index in [1.165, 1.54) is 6.07 Å². The van der Waals surface area contributed by atoms with Gasteiger partial charge in [-0.15, -0.1) is 0 Å². The second-order valence-electron chi connectivity index (χ2n) is 10.8. The Morgan fingerprint density at radius 3 is 2.49 bits per heavy atom. The lowest BCUT2D eigenvalue weighted by molar-refractivity contribution is -0.271. The molecule has 0 unspecified atom stereocenters. The van der Waals surface area contributed by atoms with Crippen molar-refractivity contribution in [3.8, 4) is 11.5 Å². The van der Waals surface area contributed by atoms with Crippen LogP contribution in [0.15, 0.2) is 30.3 Å². The molecule has 0 bridgehead atoms. The van der Waals surface area contributed by atoms with E-state index >= 15 is 0 Å². The first-order valence-corrected chi connectivity index (χ1v) is 15.0. The van der Waals surface area contributed by atoms with Crippen LogP contribution < -0.4 is 19.7 Å². The number of carboxylic acids is 1. The number of piperazine rings is 1. The number of ether oxygens (including phenoxy) is 3. The van der Waals surface area contributed by atoms with Crippen molar-refractivity contribution in [2.75, 3.05) is 49.5 Å². The summed E-state index contributed by atoms with van der Waals surface area (Å²) in [5.74, 6) is -0.688. The van der Waals surface area contributed by atoms with Crippen LogP contribution in [0.25, 0.3) is 0 Å². The molecule has 43 heavy (non-hydrogen) atoms. The minimum Gasteiger partial charge on any atom is -0.494 e. The zero-order valence-electron chi connectivity index (χ0n) is 23.3. The average molecular weight is 641 g/mol. The van der Waals surface area contributed by atoms with E-state index in [1.807, 2.05) is 18.2 Å². The van der Waals surface area contributed by atoms with Crippen LogP contribution in [0, 0.1) is 0 Å². The van der Waals surface area contributed by atoms with Gasteiger partial charge in [0.15, 0.2) is 6.10 Å². The third-order valence-electron chi connectivity index (χ3n) is 7.91. The molecule has 0 radical (unpaired) electrons. The zero-order chi connectivity index (χ0) is 30.7. The van der Waals surface area contributed by atoms with Crippen LogP contribution in [0.4, 0.5) is 11.4 Å². The number of carboxylic acid groups (broad SMARTS) is 1. The summed E-state index contributed by atoms with van der Waals surface area (Å²) in [5.41, 5.74) is 2.67. The second kappa shape index (κ2) is 13.9. The molecule has 234 valence electrons. The minimum absolute atomic E-state index is 0.0348. The number of amides is 1. The van der Waals surface area contributed by atoms with Gasteiger partial charge in [-0.2, -0.15) is 0 Å². The van der Waals surface area contributed by atoms with E-state index in [-0.39, 0.29) is 21.7 Å². The number of rotatable bonds is 10. The fraction of sp³-hybridized carbons (Fsp3) is 0.517. The van der Waals surface area contributed by atoms with Gasteiger partial charge in [-0.05, 0) is 49.6 Å². The lowest BCUT2D eigenvalue weighted by atomic mass is 9.99. The summed E-state index contributed by atoms with van der Waals surface area (Å²) in [7, 11) is 0. The van der Waals surface area contributed by atoms with Gasteiger partial charge in [0.25, 0.3) is 0 Å². The number of hydrogen-bond acceptors (Lipinski definition) is 10. The van der Waals surface area contributed by atoms with Crippen molar-refractivity contribution in [2.45, 2.75) is 56.4 Å². The Morgan fingerprint density at radius 1 is 0.977 bits per heavy atom. The Bertz CT molecular complexity index is 1320. The third-order valence-corrected chi connectivity index (χ3v) is 8.76. The molecule has 2 fully saturated rings. The molecule has 5 atom stereocenters. The summed E-state index contributed by atoms with van der Waals surface area (Å²) >= 11 is 13.1. The summed E-state index contributed by atoms with van der Waals surface area (Å²) in [5, 5.41) is 42.6. The Labute approximate surface area is 258 Å². The van der Waals surface area contributed by atoms with Crippen LogP contribution in [0.2, 0.25) is 10.0 Å². The van der Waals surface area contributed by atoms with Crippen molar-refractivity contribution in [1.82, 2.24) is 4.90 Å². The van der Waals surface area contributed by atoms with Crippen LogP contribution in [0.5, 0.6) is 11.5 Å². The lowest BCUT2D eigenvalue weighted by Gasteiger charge is -2.39. The average Bonchev–Trinajstić information content (AvgIpc) is 2.99. The molecular weight excluding hydrogens is 605 g/mol. The number of aliphatic hydroxyl groups is 3. The summed E-state index contributed by atoms with van der Waals surface area (Å²) in [6.45, 7) is 4.63. The lowest BCUT2D eigenvalue weighted by Crippen LogP contribution is -2.61. The van der Waals surface area contributed by atoms with Crippen molar-refractivity contribution in [3.63, 3.8) is 0 Å². The van der Waals surface area contributed by atoms with Crippen molar-refractivity contribution >= 4 is 46.5 Å². The number of nitrogens with one attached hydrogen (secondary N) is 1. The largest absolute Gasteiger partial charge is 0.494 e. The summed E-state index contributed by atoms with van der Waals surface area (Å²) in [4.78, 5) is 27.5. The predicted molar refractivity (Wildman–Crippen MR) is 158 cm³/mol. The molecule has 2 saturated heterocycles. The molecule has 12 nitrogen and oxygen atoms in total. The number of carbonyl (C=O) groups is 2. The highest BCUT2D eigenvalue weighted by Gasteiger charge is 2.48. The van der Waals surface area contributed by atoms with Crippen molar-refractivity contribution in [2.24, 2.45) is 0 Å². The van der Waals surface area contributed by atoms with Gasteiger partial charge in [0.1, 0.15) is 34.8 Å². The second-order valence-corrected chi connectivity index (χ2v) is 11.6. The Morgan fingerprint density at radius 2 is 1.74 bits per heavy atom. The number of aliphatic hydroxyl groups excluding tert-OH is 3. The highest BCUT2D eigenvalue weighted by atomic mass is 35.5. The molecule has 14 heteroatoms. The maximum absolute atomic E-state index is 11.6. The number of fused-ring (bicyclic) bond motifs is 1. The quantitative estimate of drug-likeness (QED) is 0.242. The first-order chi connectivity index (χ1) is 20.6. The number of hydrogen-bond donors (Lipinski definition) is 5. The third kappa shape index (κ3) is 7.28. The highest BCUT2D eigenvalue weighted by molar-refractivity contribution is 6.44. The maximum atomic E-state index is 11.6. The van der Waals surface area contributed by atoms with Gasteiger partial charge in [0, 0.05) is 44.4 Å². The van der Waals surface area contributed by atoms with E-state index in [0.29, 0.717) is 18.7 Å². The van der Waals surface area contributed by atoms with Crippen molar-refractivity contribution < 1.29 is 44.2 Å². The van der Waals surface area contributed by atoms with Gasteiger partial charge in [0.05, 0.1) is 17.3 Å². The fourth-order valence-corrected chi connectivity index (χ4v) is 5.89. The van der Waals surface area contributed by atoms with E-state index in [4.69, 9.17) is 37.4 Å². The summed E-state index contributed by atoms with van der Waals surface area (Å²) in [6.07, 6.45) is -5.57. The van der Waals surface area contributed by atoms with Crippen LogP contribution >= 0.6 is 23.2 Å². The van der Waals surface area contributed by atoms with Crippen molar-refractivity contribution in [1.29, 1.82) is 0 Å². The van der Waals surface area contributed by atoms with Crippen LogP contribution in [0.1, 0.15) is 24.8 Å². The molecular formula is C29H35Cl2N3O9. The molecule has 2 aromatic rings. The molecule has 0 saturated carbocycles. The molecule has 5 rings (SSSR count). The molecule has 1 amide bonds. The fourth-order valence-electron chi connectivity index (χ4n) is 5.41. The number of carbonyl (C=O) groups excluding carboxylic acids is 1. The number of anilines is 2. The first kappa shape index (κ1) is 31.6. The number of nitrogens with zero attached hydrogens (tertiary/aromatic N) is 2. The van der Waals surface area contributed by atoms with Gasteiger partial charge < -0.3 is 44.9 Å². The maximum Gasteiger partial charge on any atom is 0.335 e. The standard InChI is InChI=1S/C29H35Cl2N3O9/c30-22-19(6-7-20(23(22)31)42-29-26(38)24(36)25(37)27(43-29)28(39)40)34-12-10-33(11-13-34)9-1-2-14-41-17-5-3-16-4-8-21(35)32-18(16)15-17/h3,5-7,15,24-27,29,36-38H,1-2,4,8-14H2,(H,32,35)(H,39,40)/t24-,25-,26+,27-,29+/m0/s1. The molecule has 0 spiro atoms.